The lowest BCUT2D eigenvalue weighted by Gasteiger charge is -2.11. The molecule has 142 valence electrons. The van der Waals surface area contributed by atoms with Crippen LogP contribution in [0.15, 0.2) is 89.6 Å². The molecule has 0 radical (unpaired) electrons. The summed E-state index contributed by atoms with van der Waals surface area (Å²) in [5, 5.41) is 0. The molecular formula is C25H25NO2. The van der Waals surface area contributed by atoms with Gasteiger partial charge in [-0.25, -0.2) is 4.99 Å². The van der Waals surface area contributed by atoms with E-state index in [1.807, 2.05) is 74.5 Å². The Hall–Kier alpha value is -3.33. The third-order valence-corrected chi connectivity index (χ3v) is 4.38. The lowest BCUT2D eigenvalue weighted by atomic mass is 10.1. The maximum Gasteiger partial charge on any atom is 0.225 e. The molecule has 3 nitrogen and oxygen atoms in total. The minimum absolute atomic E-state index is 0.502. The molecule has 0 fully saturated rings. The van der Waals surface area contributed by atoms with Gasteiger partial charge in [-0.05, 0) is 80.8 Å². The van der Waals surface area contributed by atoms with Gasteiger partial charge < -0.3 is 9.47 Å². The van der Waals surface area contributed by atoms with Gasteiger partial charge in [-0.1, -0.05) is 36.4 Å². The van der Waals surface area contributed by atoms with E-state index in [0.717, 1.165) is 28.3 Å². The van der Waals surface area contributed by atoms with Crippen molar-refractivity contribution in [2.45, 2.75) is 27.7 Å². The van der Waals surface area contributed by atoms with Crippen LogP contribution < -0.4 is 9.47 Å². The van der Waals surface area contributed by atoms with Crippen molar-refractivity contribution in [2.75, 3.05) is 0 Å². The largest absolute Gasteiger partial charge is 0.465 e. The molecule has 0 unspecified atom stereocenters. The first-order chi connectivity index (χ1) is 13.5. The molecule has 0 heterocycles. The highest BCUT2D eigenvalue weighted by molar-refractivity contribution is 5.96. The quantitative estimate of drug-likeness (QED) is 0.284. The Bertz CT molecular complexity index is 1000. The highest BCUT2D eigenvalue weighted by Gasteiger charge is 2.08. The van der Waals surface area contributed by atoms with E-state index in [1.54, 1.807) is 6.26 Å². The summed E-state index contributed by atoms with van der Waals surface area (Å²) in [5.74, 6) is 2.01. The van der Waals surface area contributed by atoms with Crippen LogP contribution in [0.2, 0.25) is 0 Å². The van der Waals surface area contributed by atoms with Gasteiger partial charge in [-0.15, -0.1) is 0 Å². The van der Waals surface area contributed by atoms with E-state index < -0.39 is 0 Å². The first-order valence-electron chi connectivity index (χ1n) is 9.30. The average Bonchev–Trinajstić information content (AvgIpc) is 2.69. The van der Waals surface area contributed by atoms with Gasteiger partial charge in [0, 0.05) is 5.57 Å². The Labute approximate surface area is 167 Å². The molecule has 0 N–H and O–H groups in total. The molecule has 0 bridgehead atoms. The zero-order chi connectivity index (χ0) is 19.9. The van der Waals surface area contributed by atoms with E-state index in [9.17, 15) is 0 Å². The Morgan fingerprint density at radius 1 is 0.786 bits per heavy atom. The first kappa shape index (κ1) is 19.4. The zero-order valence-corrected chi connectivity index (χ0v) is 16.8. The van der Waals surface area contributed by atoms with Crippen molar-refractivity contribution < 1.29 is 9.47 Å². The summed E-state index contributed by atoms with van der Waals surface area (Å²) in [5.41, 5.74) is 5.21. The van der Waals surface area contributed by atoms with Crippen LogP contribution in [0.5, 0.6) is 11.5 Å². The second kappa shape index (κ2) is 9.05. The number of aryl methyl sites for hydroxylation is 3. The van der Waals surface area contributed by atoms with Gasteiger partial charge in [0.25, 0.3) is 0 Å². The second-order valence-electron chi connectivity index (χ2n) is 6.84. The number of hydrogen-bond acceptors (Lipinski definition) is 3. The van der Waals surface area contributed by atoms with Gasteiger partial charge in [0.2, 0.25) is 5.90 Å². The van der Waals surface area contributed by atoms with Crippen molar-refractivity contribution in [3.05, 3.63) is 101 Å². The molecule has 0 atom stereocenters. The van der Waals surface area contributed by atoms with E-state index in [-0.39, 0.29) is 0 Å². The summed E-state index contributed by atoms with van der Waals surface area (Å²) in [6.07, 6.45) is 1.68. The highest BCUT2D eigenvalue weighted by Crippen LogP contribution is 2.21. The molecule has 0 aromatic heterocycles. The summed E-state index contributed by atoms with van der Waals surface area (Å²) in [7, 11) is 0. The van der Waals surface area contributed by atoms with E-state index >= 15 is 0 Å². The first-order valence-corrected chi connectivity index (χ1v) is 9.30. The molecule has 0 saturated carbocycles. The maximum absolute atomic E-state index is 6.06. The smallest absolute Gasteiger partial charge is 0.225 e. The molecule has 0 saturated heterocycles. The van der Waals surface area contributed by atoms with Crippen molar-refractivity contribution >= 4 is 11.6 Å². The maximum atomic E-state index is 6.06. The van der Waals surface area contributed by atoms with Crippen LogP contribution in [0.3, 0.4) is 0 Å². The number of hydrogen-bond donors (Lipinski definition) is 0. The van der Waals surface area contributed by atoms with Crippen LogP contribution in [-0.2, 0) is 0 Å². The number of rotatable bonds is 5. The van der Waals surface area contributed by atoms with Crippen molar-refractivity contribution in [2.24, 2.45) is 4.99 Å². The zero-order valence-electron chi connectivity index (χ0n) is 16.8. The van der Waals surface area contributed by atoms with Gasteiger partial charge in [0.05, 0.1) is 11.9 Å². The van der Waals surface area contributed by atoms with E-state index in [4.69, 9.17) is 14.5 Å². The average molecular weight is 371 g/mol. The Morgan fingerprint density at radius 3 is 2.25 bits per heavy atom. The van der Waals surface area contributed by atoms with E-state index in [1.165, 1.54) is 11.1 Å². The predicted octanol–water partition coefficient (Wildman–Crippen LogP) is 6.70. The number of benzene rings is 3. The fourth-order valence-corrected chi connectivity index (χ4v) is 2.60. The molecule has 28 heavy (non-hydrogen) atoms. The summed E-state index contributed by atoms with van der Waals surface area (Å²) in [6.45, 7) is 8.13. The standard InChI is InChI=1S/C25H25NO2/c1-18-9-8-12-24(15-18)27-17-21(4)25(28-23-10-6-5-7-11-23)26-22-14-13-19(2)20(3)16-22/h5-17H,1-4H3. The highest BCUT2D eigenvalue weighted by atomic mass is 16.5. The molecule has 0 amide bonds. The summed E-state index contributed by atoms with van der Waals surface area (Å²) in [4.78, 5) is 4.73. The molecule has 0 aliphatic heterocycles. The molecule has 0 aliphatic rings. The Balaban J connectivity index is 1.91. The Morgan fingerprint density at radius 2 is 1.54 bits per heavy atom. The topological polar surface area (TPSA) is 30.8 Å². The second-order valence-corrected chi connectivity index (χ2v) is 6.84. The molecule has 3 heteroatoms. The predicted molar refractivity (Wildman–Crippen MR) is 116 cm³/mol. The summed E-state index contributed by atoms with van der Waals surface area (Å²) < 4.78 is 11.9. The van der Waals surface area contributed by atoms with Crippen LogP contribution >= 0.6 is 0 Å². The molecule has 3 aromatic rings. The van der Waals surface area contributed by atoms with Crippen LogP contribution in [-0.4, -0.2) is 5.90 Å². The van der Waals surface area contributed by atoms with Gasteiger partial charge in [-0.2, -0.15) is 0 Å². The van der Waals surface area contributed by atoms with Crippen molar-refractivity contribution in [3.8, 4) is 11.5 Å². The van der Waals surface area contributed by atoms with Gasteiger partial charge >= 0.3 is 0 Å². The number of aliphatic imine (C=N–C) groups is 1. The molecule has 3 aromatic carbocycles. The van der Waals surface area contributed by atoms with E-state index in [2.05, 4.69) is 26.0 Å². The minimum Gasteiger partial charge on any atom is -0.465 e. The van der Waals surface area contributed by atoms with Crippen LogP contribution in [0.25, 0.3) is 0 Å². The molecule has 0 aliphatic carbocycles. The third-order valence-electron chi connectivity index (χ3n) is 4.38. The molecule has 3 rings (SSSR count). The van der Waals surface area contributed by atoms with Crippen LogP contribution in [0.1, 0.15) is 23.6 Å². The molecule has 0 spiro atoms. The molecular weight excluding hydrogens is 346 g/mol. The SMILES string of the molecule is CC(=COc1cccc(C)c1)C(=Nc1ccc(C)c(C)c1)Oc1ccccc1. The Kier molecular flexibility index (Phi) is 6.28. The monoisotopic (exact) mass is 371 g/mol. The van der Waals surface area contributed by atoms with Crippen molar-refractivity contribution in [1.29, 1.82) is 0 Å². The lowest BCUT2D eigenvalue weighted by Crippen LogP contribution is -2.11. The fraction of sp³-hybridized carbons (Fsp3) is 0.160. The van der Waals surface area contributed by atoms with Crippen LogP contribution in [0.4, 0.5) is 5.69 Å². The number of para-hydroxylation sites is 1. The van der Waals surface area contributed by atoms with Gasteiger partial charge in [0.15, 0.2) is 0 Å². The number of ether oxygens (including phenoxy) is 2. The summed E-state index contributed by atoms with van der Waals surface area (Å²) >= 11 is 0. The minimum atomic E-state index is 0.502. The van der Waals surface area contributed by atoms with Crippen molar-refractivity contribution in [1.82, 2.24) is 0 Å². The number of nitrogens with zero attached hydrogens (tertiary/aromatic N) is 1. The fourth-order valence-electron chi connectivity index (χ4n) is 2.60. The van der Waals surface area contributed by atoms with Gasteiger partial charge in [-0.3, -0.25) is 0 Å². The lowest BCUT2D eigenvalue weighted by molar-refractivity contribution is 0.473. The van der Waals surface area contributed by atoms with Gasteiger partial charge in [0.1, 0.15) is 11.5 Å². The van der Waals surface area contributed by atoms with Crippen LogP contribution in [0, 0.1) is 20.8 Å². The van der Waals surface area contributed by atoms with Crippen molar-refractivity contribution in [3.63, 3.8) is 0 Å². The third kappa shape index (κ3) is 5.34. The van der Waals surface area contributed by atoms with E-state index in [0.29, 0.717) is 5.90 Å². The summed E-state index contributed by atoms with van der Waals surface area (Å²) in [6, 6.07) is 23.7. The normalized spacial score (nSPS) is 12.0.